The van der Waals surface area contributed by atoms with E-state index in [4.69, 9.17) is 4.74 Å². The SMILES string of the molecule is CCCOc1ccc(C=C(NC(=O)c2ccccc2)C(=O)NN=C(C)c2ccc(O)cc2)cc1. The van der Waals surface area contributed by atoms with E-state index in [-0.39, 0.29) is 11.4 Å². The molecule has 7 nitrogen and oxygen atoms in total. The molecule has 3 rings (SSSR count). The number of benzene rings is 3. The fourth-order valence-electron chi connectivity index (χ4n) is 2.95. The van der Waals surface area contributed by atoms with Gasteiger partial charge in [-0.2, -0.15) is 5.10 Å². The highest BCUT2D eigenvalue weighted by atomic mass is 16.5. The van der Waals surface area contributed by atoms with Gasteiger partial charge in [-0.05, 0) is 79.1 Å². The number of amides is 2. The molecule has 0 aliphatic rings. The Labute approximate surface area is 198 Å². The van der Waals surface area contributed by atoms with E-state index >= 15 is 0 Å². The van der Waals surface area contributed by atoms with E-state index in [0.717, 1.165) is 17.7 Å². The molecule has 7 heteroatoms. The Kier molecular flexibility index (Phi) is 8.57. The number of phenolic OH excluding ortho intramolecular Hbond substituents is 1. The number of carbonyl (C=O) groups is 2. The summed E-state index contributed by atoms with van der Waals surface area (Å²) in [5.41, 5.74) is 4.94. The predicted octanol–water partition coefficient (Wildman–Crippen LogP) is 4.49. The number of ether oxygens (including phenoxy) is 1. The summed E-state index contributed by atoms with van der Waals surface area (Å²) in [7, 11) is 0. The molecule has 0 saturated carbocycles. The molecule has 3 aromatic carbocycles. The van der Waals surface area contributed by atoms with Gasteiger partial charge in [0.2, 0.25) is 0 Å². The molecule has 0 aliphatic heterocycles. The average molecular weight is 458 g/mol. The standard InChI is InChI=1S/C27H27N3O4/c1-3-17-34-24-15-9-20(10-16-24)18-25(28-26(32)22-7-5-4-6-8-22)27(33)30-29-19(2)21-11-13-23(31)14-12-21/h4-16,18,31H,3,17H2,1-2H3,(H,28,32)(H,30,33). The van der Waals surface area contributed by atoms with E-state index in [0.29, 0.717) is 23.4 Å². The summed E-state index contributed by atoms with van der Waals surface area (Å²) in [6.45, 7) is 4.38. The van der Waals surface area contributed by atoms with Crippen molar-refractivity contribution < 1.29 is 19.4 Å². The van der Waals surface area contributed by atoms with Crippen LogP contribution in [0, 0.1) is 0 Å². The Balaban J connectivity index is 1.82. The molecule has 0 atom stereocenters. The minimum Gasteiger partial charge on any atom is -0.508 e. The zero-order valence-electron chi connectivity index (χ0n) is 19.1. The molecule has 0 spiro atoms. The first-order chi connectivity index (χ1) is 16.5. The second kappa shape index (κ2) is 12.0. The smallest absolute Gasteiger partial charge is 0.287 e. The molecule has 0 fully saturated rings. The zero-order chi connectivity index (χ0) is 24.3. The van der Waals surface area contributed by atoms with Crippen molar-refractivity contribution in [2.24, 2.45) is 5.10 Å². The molecule has 0 saturated heterocycles. The van der Waals surface area contributed by atoms with Gasteiger partial charge in [0.05, 0.1) is 12.3 Å². The molecule has 0 heterocycles. The Hall–Kier alpha value is -4.39. The van der Waals surface area contributed by atoms with Crippen molar-refractivity contribution in [3.63, 3.8) is 0 Å². The molecule has 0 unspecified atom stereocenters. The van der Waals surface area contributed by atoms with Crippen molar-refractivity contribution >= 4 is 23.6 Å². The van der Waals surface area contributed by atoms with Crippen LogP contribution in [0.4, 0.5) is 0 Å². The lowest BCUT2D eigenvalue weighted by Crippen LogP contribution is -2.33. The van der Waals surface area contributed by atoms with Gasteiger partial charge < -0.3 is 15.2 Å². The lowest BCUT2D eigenvalue weighted by molar-refractivity contribution is -0.117. The number of phenols is 1. The number of nitrogens with one attached hydrogen (secondary N) is 2. The van der Waals surface area contributed by atoms with Gasteiger partial charge in [-0.1, -0.05) is 37.3 Å². The third-order valence-electron chi connectivity index (χ3n) is 4.80. The van der Waals surface area contributed by atoms with Gasteiger partial charge in [0.1, 0.15) is 17.2 Å². The monoisotopic (exact) mass is 457 g/mol. The molecule has 0 radical (unpaired) electrons. The summed E-state index contributed by atoms with van der Waals surface area (Å²) < 4.78 is 5.60. The van der Waals surface area contributed by atoms with Crippen LogP contribution in [0.5, 0.6) is 11.5 Å². The first-order valence-electron chi connectivity index (χ1n) is 10.9. The second-order valence-electron chi connectivity index (χ2n) is 7.48. The maximum Gasteiger partial charge on any atom is 0.287 e. The molecule has 2 amide bonds. The van der Waals surface area contributed by atoms with Gasteiger partial charge in [-0.3, -0.25) is 9.59 Å². The van der Waals surface area contributed by atoms with E-state index < -0.39 is 11.8 Å². The average Bonchev–Trinajstić information content (AvgIpc) is 2.87. The summed E-state index contributed by atoms with van der Waals surface area (Å²) >= 11 is 0. The number of hydrazone groups is 1. The van der Waals surface area contributed by atoms with Gasteiger partial charge in [-0.15, -0.1) is 0 Å². The van der Waals surface area contributed by atoms with E-state index in [1.165, 1.54) is 12.1 Å². The summed E-state index contributed by atoms with van der Waals surface area (Å²) in [5, 5.41) is 16.3. The number of hydrogen-bond donors (Lipinski definition) is 3. The number of rotatable bonds is 9. The highest BCUT2D eigenvalue weighted by Crippen LogP contribution is 2.15. The fourth-order valence-corrected chi connectivity index (χ4v) is 2.95. The third kappa shape index (κ3) is 7.06. The first kappa shape index (κ1) is 24.3. The lowest BCUT2D eigenvalue weighted by atomic mass is 10.1. The first-order valence-corrected chi connectivity index (χ1v) is 10.9. The van der Waals surface area contributed by atoms with E-state index in [2.05, 4.69) is 15.8 Å². The third-order valence-corrected chi connectivity index (χ3v) is 4.80. The van der Waals surface area contributed by atoms with Crippen molar-refractivity contribution in [2.75, 3.05) is 6.61 Å². The molecule has 3 N–H and O–H groups in total. The van der Waals surface area contributed by atoms with Crippen molar-refractivity contribution in [1.29, 1.82) is 0 Å². The maximum absolute atomic E-state index is 12.9. The molecular weight excluding hydrogens is 430 g/mol. The van der Waals surface area contributed by atoms with Gasteiger partial charge in [0.15, 0.2) is 0 Å². The zero-order valence-corrected chi connectivity index (χ0v) is 19.1. The van der Waals surface area contributed by atoms with Crippen LogP contribution >= 0.6 is 0 Å². The lowest BCUT2D eigenvalue weighted by Gasteiger charge is -2.10. The van der Waals surface area contributed by atoms with Crippen LogP contribution in [-0.2, 0) is 4.79 Å². The number of hydrogen-bond acceptors (Lipinski definition) is 5. The Morgan fingerprint density at radius 1 is 0.941 bits per heavy atom. The summed E-state index contributed by atoms with van der Waals surface area (Å²) in [6, 6.07) is 22.3. The molecule has 3 aromatic rings. The van der Waals surface area contributed by atoms with Crippen LogP contribution in [0.3, 0.4) is 0 Å². The Bertz CT molecular complexity index is 1170. The number of nitrogens with zero attached hydrogens (tertiary/aromatic N) is 1. The summed E-state index contributed by atoms with van der Waals surface area (Å²) in [5.74, 6) is -0.120. The van der Waals surface area contributed by atoms with E-state index in [1.54, 1.807) is 61.5 Å². The quantitative estimate of drug-likeness (QED) is 0.250. The van der Waals surface area contributed by atoms with Gasteiger partial charge >= 0.3 is 0 Å². The Morgan fingerprint density at radius 3 is 2.26 bits per heavy atom. The normalized spacial score (nSPS) is 11.6. The van der Waals surface area contributed by atoms with Crippen LogP contribution in [-0.4, -0.2) is 29.2 Å². The molecule has 174 valence electrons. The van der Waals surface area contributed by atoms with Crippen molar-refractivity contribution in [2.45, 2.75) is 20.3 Å². The highest BCUT2D eigenvalue weighted by molar-refractivity contribution is 6.06. The molecule has 0 bridgehead atoms. The minimum absolute atomic E-state index is 0.0401. The number of carbonyl (C=O) groups excluding carboxylic acids is 2. The van der Waals surface area contributed by atoms with Crippen LogP contribution in [0.15, 0.2) is 89.7 Å². The number of aromatic hydroxyl groups is 1. The topological polar surface area (TPSA) is 100 Å². The molecule has 0 aliphatic carbocycles. The minimum atomic E-state index is -0.575. The largest absolute Gasteiger partial charge is 0.508 e. The maximum atomic E-state index is 12.9. The van der Waals surface area contributed by atoms with E-state index in [9.17, 15) is 14.7 Å². The van der Waals surface area contributed by atoms with E-state index in [1.807, 2.05) is 25.1 Å². The highest BCUT2D eigenvalue weighted by Gasteiger charge is 2.15. The van der Waals surface area contributed by atoms with Gasteiger partial charge in [-0.25, -0.2) is 5.43 Å². The fraction of sp³-hybridized carbons (Fsp3) is 0.148. The van der Waals surface area contributed by atoms with Crippen LogP contribution in [0.1, 0.15) is 41.8 Å². The summed E-state index contributed by atoms with van der Waals surface area (Å²) in [4.78, 5) is 25.6. The summed E-state index contributed by atoms with van der Waals surface area (Å²) in [6.07, 6.45) is 2.48. The van der Waals surface area contributed by atoms with Crippen LogP contribution < -0.4 is 15.5 Å². The van der Waals surface area contributed by atoms with Crippen LogP contribution in [0.25, 0.3) is 6.08 Å². The second-order valence-corrected chi connectivity index (χ2v) is 7.48. The molecule has 0 aromatic heterocycles. The predicted molar refractivity (Wildman–Crippen MR) is 133 cm³/mol. The van der Waals surface area contributed by atoms with Crippen LogP contribution in [0.2, 0.25) is 0 Å². The van der Waals surface area contributed by atoms with Crippen molar-refractivity contribution in [1.82, 2.24) is 10.7 Å². The van der Waals surface area contributed by atoms with Crippen molar-refractivity contribution in [3.8, 4) is 11.5 Å². The Morgan fingerprint density at radius 2 is 1.62 bits per heavy atom. The molecule has 34 heavy (non-hydrogen) atoms. The van der Waals surface area contributed by atoms with Gasteiger partial charge in [0.25, 0.3) is 11.8 Å². The van der Waals surface area contributed by atoms with Crippen molar-refractivity contribution in [3.05, 3.63) is 101 Å². The van der Waals surface area contributed by atoms with Gasteiger partial charge in [0, 0.05) is 5.56 Å². The molecular formula is C27H27N3O4.